The third-order valence-corrected chi connectivity index (χ3v) is 7.11. The maximum absolute atomic E-state index is 10.1. The molecule has 1 aliphatic rings. The number of piperidine rings is 1. The van der Waals surface area contributed by atoms with Crippen LogP contribution in [0.5, 0.6) is 5.75 Å². The SMILES string of the molecule is CC(C)(O)COc1cc(-c2ccc(N3CCC(C)(NCc4ccccc4)CC3)nc2)c2c(C#N)cnn2c1. The van der Waals surface area contributed by atoms with Crippen molar-refractivity contribution in [3.8, 4) is 22.9 Å². The van der Waals surface area contributed by atoms with Crippen molar-refractivity contribution in [2.24, 2.45) is 0 Å². The van der Waals surface area contributed by atoms with Gasteiger partial charge in [0.15, 0.2) is 0 Å². The third-order valence-electron chi connectivity index (χ3n) is 7.11. The van der Waals surface area contributed by atoms with Crippen LogP contribution in [0.1, 0.15) is 44.7 Å². The summed E-state index contributed by atoms with van der Waals surface area (Å²) < 4.78 is 7.49. The van der Waals surface area contributed by atoms with Crippen molar-refractivity contribution in [1.82, 2.24) is 19.9 Å². The largest absolute Gasteiger partial charge is 0.489 e. The molecular weight excluding hydrogens is 476 g/mol. The Balaban J connectivity index is 1.31. The molecule has 8 heteroatoms. The van der Waals surface area contributed by atoms with Gasteiger partial charge in [-0.25, -0.2) is 9.50 Å². The van der Waals surface area contributed by atoms with Crippen LogP contribution in [0, 0.1) is 11.3 Å². The standard InChI is InChI=1S/C30H34N6O2/c1-29(2,37)21-38-25-15-26(28-24(16-31)19-34-36(28)20-25)23-9-10-27(32-18-23)35-13-11-30(3,12-14-35)33-17-22-7-5-4-6-8-22/h4-10,15,18-20,33,37H,11-14,17,21H2,1-3H3. The molecule has 1 saturated heterocycles. The second-order valence-electron chi connectivity index (χ2n) is 10.9. The molecule has 0 amide bonds. The van der Waals surface area contributed by atoms with Crippen LogP contribution in [-0.2, 0) is 6.54 Å². The number of ether oxygens (including phenoxy) is 1. The lowest BCUT2D eigenvalue weighted by molar-refractivity contribution is 0.0283. The Hall–Kier alpha value is -3.93. The predicted molar refractivity (Wildman–Crippen MR) is 148 cm³/mol. The molecule has 0 saturated carbocycles. The molecule has 0 aliphatic carbocycles. The minimum absolute atomic E-state index is 0.0944. The molecular formula is C30H34N6O2. The van der Waals surface area contributed by atoms with Crippen molar-refractivity contribution < 1.29 is 9.84 Å². The number of nitrogens with one attached hydrogen (secondary N) is 1. The minimum Gasteiger partial charge on any atom is -0.489 e. The van der Waals surface area contributed by atoms with Gasteiger partial charge in [0.05, 0.1) is 29.1 Å². The van der Waals surface area contributed by atoms with Gasteiger partial charge in [0.25, 0.3) is 0 Å². The fourth-order valence-corrected chi connectivity index (χ4v) is 4.79. The fraction of sp³-hybridized carbons (Fsp3) is 0.367. The van der Waals surface area contributed by atoms with Gasteiger partial charge in [-0.3, -0.25) is 0 Å². The Morgan fingerprint density at radius 2 is 1.89 bits per heavy atom. The molecule has 38 heavy (non-hydrogen) atoms. The molecule has 8 nitrogen and oxygen atoms in total. The first kappa shape index (κ1) is 25.7. The summed E-state index contributed by atoms with van der Waals surface area (Å²) in [6, 6.07) is 18.7. The Kier molecular flexibility index (Phi) is 7.06. The highest BCUT2D eigenvalue weighted by Crippen LogP contribution is 2.32. The van der Waals surface area contributed by atoms with Gasteiger partial charge in [-0.15, -0.1) is 0 Å². The second kappa shape index (κ2) is 10.4. The van der Waals surface area contributed by atoms with Crippen LogP contribution in [-0.4, -0.2) is 50.5 Å². The van der Waals surface area contributed by atoms with Crippen LogP contribution in [0.4, 0.5) is 5.82 Å². The third kappa shape index (κ3) is 5.80. The van der Waals surface area contributed by atoms with E-state index in [9.17, 15) is 10.4 Å². The molecule has 196 valence electrons. The van der Waals surface area contributed by atoms with E-state index in [2.05, 4.69) is 52.6 Å². The normalized spacial score (nSPS) is 15.4. The van der Waals surface area contributed by atoms with Gasteiger partial charge >= 0.3 is 0 Å². The number of aromatic nitrogens is 3. The lowest BCUT2D eigenvalue weighted by atomic mass is 9.89. The van der Waals surface area contributed by atoms with Gasteiger partial charge in [0.2, 0.25) is 0 Å². The van der Waals surface area contributed by atoms with E-state index in [1.807, 2.05) is 30.5 Å². The highest BCUT2D eigenvalue weighted by molar-refractivity contribution is 5.85. The second-order valence-corrected chi connectivity index (χ2v) is 10.9. The number of hydrogen-bond donors (Lipinski definition) is 2. The van der Waals surface area contributed by atoms with Crippen molar-refractivity contribution in [2.75, 3.05) is 24.6 Å². The van der Waals surface area contributed by atoms with Gasteiger partial charge in [-0.1, -0.05) is 30.3 Å². The van der Waals surface area contributed by atoms with Gasteiger partial charge in [0, 0.05) is 42.5 Å². The van der Waals surface area contributed by atoms with E-state index in [1.165, 1.54) is 5.56 Å². The first-order chi connectivity index (χ1) is 18.2. The summed E-state index contributed by atoms with van der Waals surface area (Å²) in [5.74, 6) is 1.50. The quantitative estimate of drug-likeness (QED) is 0.358. The fourth-order valence-electron chi connectivity index (χ4n) is 4.79. The number of aliphatic hydroxyl groups is 1. The number of anilines is 1. The number of rotatable bonds is 8. The lowest BCUT2D eigenvalue weighted by Crippen LogP contribution is -2.51. The molecule has 0 radical (unpaired) electrons. The summed E-state index contributed by atoms with van der Waals surface area (Å²) in [6.07, 6.45) is 7.19. The molecule has 2 N–H and O–H groups in total. The molecule has 0 bridgehead atoms. The Morgan fingerprint density at radius 3 is 2.55 bits per heavy atom. The van der Waals surface area contributed by atoms with Gasteiger partial charge in [-0.2, -0.15) is 10.4 Å². The zero-order valence-corrected chi connectivity index (χ0v) is 22.2. The van der Waals surface area contributed by atoms with Crippen molar-refractivity contribution in [1.29, 1.82) is 5.26 Å². The van der Waals surface area contributed by atoms with E-state index >= 15 is 0 Å². The summed E-state index contributed by atoms with van der Waals surface area (Å²) in [7, 11) is 0. The van der Waals surface area contributed by atoms with Crippen LogP contribution in [0.25, 0.3) is 16.6 Å². The average molecular weight is 511 g/mol. The first-order valence-electron chi connectivity index (χ1n) is 13.0. The van der Waals surface area contributed by atoms with Gasteiger partial charge < -0.3 is 20.1 Å². The Labute approximate surface area is 223 Å². The molecule has 4 heterocycles. The highest BCUT2D eigenvalue weighted by Gasteiger charge is 2.30. The van der Waals surface area contributed by atoms with Crippen LogP contribution in [0.15, 0.2) is 67.1 Å². The summed E-state index contributed by atoms with van der Waals surface area (Å²) in [5, 5.41) is 27.8. The van der Waals surface area contributed by atoms with Crippen LogP contribution < -0.4 is 15.0 Å². The van der Waals surface area contributed by atoms with Gasteiger partial charge in [0.1, 0.15) is 24.2 Å². The van der Waals surface area contributed by atoms with Crippen molar-refractivity contribution >= 4 is 11.3 Å². The molecule has 0 unspecified atom stereocenters. The number of nitriles is 1. The zero-order chi connectivity index (χ0) is 26.8. The number of benzene rings is 1. The van der Waals surface area contributed by atoms with Gasteiger partial charge in [-0.05, 0) is 57.4 Å². The molecule has 1 aromatic carbocycles. The van der Waals surface area contributed by atoms with E-state index in [0.29, 0.717) is 16.8 Å². The Morgan fingerprint density at radius 1 is 1.13 bits per heavy atom. The monoisotopic (exact) mass is 510 g/mol. The number of nitrogens with zero attached hydrogens (tertiary/aromatic N) is 5. The zero-order valence-electron chi connectivity index (χ0n) is 22.2. The molecule has 0 spiro atoms. The van der Waals surface area contributed by atoms with E-state index in [0.717, 1.165) is 49.4 Å². The summed E-state index contributed by atoms with van der Waals surface area (Å²) in [5.41, 5.74) is 3.29. The smallest absolute Gasteiger partial charge is 0.138 e. The molecule has 1 fully saturated rings. The number of fused-ring (bicyclic) bond motifs is 1. The van der Waals surface area contributed by atoms with Crippen molar-refractivity contribution in [2.45, 2.75) is 51.3 Å². The average Bonchev–Trinajstić information content (AvgIpc) is 3.34. The number of pyridine rings is 2. The summed E-state index contributed by atoms with van der Waals surface area (Å²) >= 11 is 0. The molecule has 0 atom stereocenters. The van der Waals surface area contributed by atoms with Crippen molar-refractivity contribution in [3.63, 3.8) is 0 Å². The first-order valence-corrected chi connectivity index (χ1v) is 13.0. The van der Waals surface area contributed by atoms with Crippen LogP contribution in [0.2, 0.25) is 0 Å². The molecule has 4 aromatic rings. The summed E-state index contributed by atoms with van der Waals surface area (Å²) in [4.78, 5) is 7.12. The topological polar surface area (TPSA) is 98.7 Å². The van der Waals surface area contributed by atoms with E-state index in [1.54, 1.807) is 30.8 Å². The minimum atomic E-state index is -0.970. The molecule has 5 rings (SSSR count). The van der Waals surface area contributed by atoms with Crippen LogP contribution >= 0.6 is 0 Å². The molecule has 1 aliphatic heterocycles. The van der Waals surface area contributed by atoms with E-state index in [4.69, 9.17) is 9.72 Å². The maximum atomic E-state index is 10.1. The van der Waals surface area contributed by atoms with E-state index < -0.39 is 5.60 Å². The predicted octanol–water partition coefficient (Wildman–Crippen LogP) is 4.57. The van der Waals surface area contributed by atoms with Crippen molar-refractivity contribution in [3.05, 3.63) is 78.2 Å². The summed E-state index contributed by atoms with van der Waals surface area (Å²) in [6.45, 7) is 8.55. The van der Waals surface area contributed by atoms with E-state index in [-0.39, 0.29) is 12.1 Å². The maximum Gasteiger partial charge on any atom is 0.138 e. The Bertz CT molecular complexity index is 1430. The lowest BCUT2D eigenvalue weighted by Gasteiger charge is -2.40. The molecule has 3 aromatic heterocycles. The number of hydrogen-bond acceptors (Lipinski definition) is 7. The highest BCUT2D eigenvalue weighted by atomic mass is 16.5. The van der Waals surface area contributed by atoms with Crippen LogP contribution in [0.3, 0.4) is 0 Å².